The highest BCUT2D eigenvalue weighted by molar-refractivity contribution is 7.88. The van der Waals surface area contributed by atoms with E-state index in [1.54, 1.807) is 16.4 Å². The van der Waals surface area contributed by atoms with Crippen LogP contribution < -0.4 is 4.74 Å². The maximum Gasteiger partial charge on any atom is 0.211 e. The van der Waals surface area contributed by atoms with Crippen molar-refractivity contribution in [2.45, 2.75) is 31.8 Å². The number of rotatable bonds is 8. The molecule has 1 saturated carbocycles. The van der Waals surface area contributed by atoms with Crippen LogP contribution in [0.3, 0.4) is 0 Å². The predicted octanol–water partition coefficient (Wildman–Crippen LogP) is 3.37. The minimum absolute atomic E-state index is 0.154. The Bertz CT molecular complexity index is 800. The lowest BCUT2D eigenvalue weighted by Gasteiger charge is -2.19. The molecule has 0 radical (unpaired) electrons. The lowest BCUT2D eigenvalue weighted by atomic mass is 10.1. The Hall–Kier alpha value is -1.92. The second-order valence-electron chi connectivity index (χ2n) is 6.41. The first-order valence-electron chi connectivity index (χ1n) is 8.35. The van der Waals surface area contributed by atoms with E-state index in [0.29, 0.717) is 19.6 Å². The fourth-order valence-corrected chi connectivity index (χ4v) is 3.82. The van der Waals surface area contributed by atoms with Crippen molar-refractivity contribution in [1.29, 1.82) is 0 Å². The van der Waals surface area contributed by atoms with Crippen LogP contribution in [0.4, 0.5) is 4.39 Å². The number of hydrogen-bond donors (Lipinski definition) is 0. The van der Waals surface area contributed by atoms with Gasteiger partial charge in [-0.3, -0.25) is 0 Å². The van der Waals surface area contributed by atoms with Crippen molar-refractivity contribution >= 4 is 10.0 Å². The van der Waals surface area contributed by atoms with Gasteiger partial charge >= 0.3 is 0 Å². The first-order chi connectivity index (χ1) is 11.9. The normalized spacial score (nSPS) is 14.7. The van der Waals surface area contributed by atoms with Gasteiger partial charge in [0, 0.05) is 19.0 Å². The summed E-state index contributed by atoms with van der Waals surface area (Å²) in [5.41, 5.74) is 1.97. The molecule has 0 atom stereocenters. The quantitative estimate of drug-likeness (QED) is 0.722. The highest BCUT2D eigenvalue weighted by atomic mass is 32.2. The molecule has 0 heterocycles. The van der Waals surface area contributed by atoms with Crippen molar-refractivity contribution in [1.82, 2.24) is 4.31 Å². The molecule has 1 fully saturated rings. The molecule has 134 valence electrons. The minimum atomic E-state index is -3.18. The average molecular weight is 363 g/mol. The largest absolute Gasteiger partial charge is 0.493 e. The molecule has 25 heavy (non-hydrogen) atoms. The van der Waals surface area contributed by atoms with Gasteiger partial charge in [0.1, 0.15) is 11.6 Å². The molecule has 0 aromatic heterocycles. The van der Waals surface area contributed by atoms with Crippen LogP contribution in [0.25, 0.3) is 0 Å². The van der Waals surface area contributed by atoms with E-state index in [4.69, 9.17) is 4.74 Å². The second kappa shape index (κ2) is 7.54. The summed E-state index contributed by atoms with van der Waals surface area (Å²) >= 11 is 0. The van der Waals surface area contributed by atoms with Crippen molar-refractivity contribution in [3.8, 4) is 5.75 Å². The van der Waals surface area contributed by atoms with E-state index in [-0.39, 0.29) is 11.9 Å². The van der Waals surface area contributed by atoms with Crippen LogP contribution in [0, 0.1) is 5.82 Å². The van der Waals surface area contributed by atoms with Crippen molar-refractivity contribution in [2.24, 2.45) is 0 Å². The summed E-state index contributed by atoms with van der Waals surface area (Å²) in [7, 11) is -3.18. The van der Waals surface area contributed by atoms with E-state index in [1.165, 1.54) is 18.4 Å². The second-order valence-corrected chi connectivity index (χ2v) is 8.34. The molecule has 0 saturated heterocycles. The van der Waals surface area contributed by atoms with Gasteiger partial charge in [-0.15, -0.1) is 0 Å². The summed E-state index contributed by atoms with van der Waals surface area (Å²) < 4.78 is 43.8. The molecule has 6 heteroatoms. The molecule has 2 aromatic carbocycles. The van der Waals surface area contributed by atoms with Crippen LogP contribution in [-0.2, 0) is 23.0 Å². The zero-order valence-corrected chi connectivity index (χ0v) is 15.0. The van der Waals surface area contributed by atoms with Crippen LogP contribution >= 0.6 is 0 Å². The fourth-order valence-electron chi connectivity index (χ4n) is 2.69. The van der Waals surface area contributed by atoms with Crippen LogP contribution in [-0.4, -0.2) is 31.6 Å². The number of hydrogen-bond acceptors (Lipinski definition) is 3. The van der Waals surface area contributed by atoms with Crippen LogP contribution in [0.1, 0.15) is 24.0 Å². The predicted molar refractivity (Wildman–Crippen MR) is 95.4 cm³/mol. The monoisotopic (exact) mass is 363 g/mol. The highest BCUT2D eigenvalue weighted by Crippen LogP contribution is 2.30. The van der Waals surface area contributed by atoms with Crippen LogP contribution in [0.5, 0.6) is 5.75 Å². The summed E-state index contributed by atoms with van der Waals surface area (Å²) in [5.74, 6) is 0.498. The van der Waals surface area contributed by atoms with Gasteiger partial charge in [-0.1, -0.05) is 24.3 Å². The number of nitrogens with zero attached hydrogens (tertiary/aromatic N) is 1. The summed E-state index contributed by atoms with van der Waals surface area (Å²) in [6.45, 7) is 0.905. The van der Waals surface area contributed by atoms with E-state index >= 15 is 0 Å². The molecule has 2 aromatic rings. The van der Waals surface area contributed by atoms with Crippen molar-refractivity contribution < 1.29 is 17.5 Å². The maximum atomic E-state index is 12.9. The Morgan fingerprint density at radius 3 is 2.20 bits per heavy atom. The zero-order chi connectivity index (χ0) is 17.9. The molecule has 1 aliphatic carbocycles. The molecule has 0 bridgehead atoms. The Labute approximate surface area is 148 Å². The van der Waals surface area contributed by atoms with Gasteiger partial charge in [-0.05, 0) is 48.2 Å². The smallest absolute Gasteiger partial charge is 0.211 e. The van der Waals surface area contributed by atoms with Gasteiger partial charge in [0.15, 0.2) is 0 Å². The molecule has 0 aliphatic heterocycles. The van der Waals surface area contributed by atoms with Gasteiger partial charge in [0.25, 0.3) is 0 Å². The minimum Gasteiger partial charge on any atom is -0.493 e. The molecule has 0 N–H and O–H groups in total. The topological polar surface area (TPSA) is 46.6 Å². The van der Waals surface area contributed by atoms with E-state index in [1.807, 2.05) is 24.3 Å². The first kappa shape index (κ1) is 17.9. The standard InChI is InChI=1S/C19H22FNO3S/c1-25(22,23)21(18-8-9-18)14-16-4-10-19(11-5-16)24-13-12-15-2-6-17(20)7-3-15/h2-7,10-11,18H,8-9,12-14H2,1H3. The summed E-state index contributed by atoms with van der Waals surface area (Å²) in [6.07, 6.45) is 3.85. The Balaban J connectivity index is 1.52. The fraction of sp³-hybridized carbons (Fsp3) is 0.368. The number of halogens is 1. The van der Waals surface area contributed by atoms with Crippen LogP contribution in [0.15, 0.2) is 48.5 Å². The van der Waals surface area contributed by atoms with Gasteiger partial charge in [-0.25, -0.2) is 12.8 Å². The number of ether oxygens (including phenoxy) is 1. The molecule has 0 amide bonds. The molecule has 3 rings (SSSR count). The van der Waals surface area contributed by atoms with E-state index in [2.05, 4.69) is 0 Å². The molecule has 0 unspecified atom stereocenters. The summed E-state index contributed by atoms with van der Waals surface area (Å²) in [6, 6.07) is 14.0. The van der Waals surface area contributed by atoms with Crippen molar-refractivity contribution in [2.75, 3.05) is 12.9 Å². The Kier molecular flexibility index (Phi) is 5.39. The maximum absolute atomic E-state index is 12.9. The molecular weight excluding hydrogens is 341 g/mol. The highest BCUT2D eigenvalue weighted by Gasteiger charge is 2.34. The third-order valence-electron chi connectivity index (χ3n) is 4.21. The third kappa shape index (κ3) is 5.28. The van der Waals surface area contributed by atoms with Gasteiger partial charge < -0.3 is 4.74 Å². The van der Waals surface area contributed by atoms with Gasteiger partial charge in [-0.2, -0.15) is 4.31 Å². The molecule has 0 spiro atoms. The molecular formula is C19H22FNO3S. The van der Waals surface area contributed by atoms with E-state index < -0.39 is 10.0 Å². The lowest BCUT2D eigenvalue weighted by molar-refractivity contribution is 0.321. The number of benzene rings is 2. The Morgan fingerprint density at radius 2 is 1.64 bits per heavy atom. The third-order valence-corrected chi connectivity index (χ3v) is 5.49. The lowest BCUT2D eigenvalue weighted by Crippen LogP contribution is -2.31. The average Bonchev–Trinajstić information content (AvgIpc) is 3.39. The summed E-state index contributed by atoms with van der Waals surface area (Å²) in [4.78, 5) is 0. The molecule has 4 nitrogen and oxygen atoms in total. The first-order valence-corrected chi connectivity index (χ1v) is 10.2. The van der Waals surface area contributed by atoms with Crippen molar-refractivity contribution in [3.05, 3.63) is 65.5 Å². The SMILES string of the molecule is CS(=O)(=O)N(Cc1ccc(OCCc2ccc(F)cc2)cc1)C1CC1. The zero-order valence-electron chi connectivity index (χ0n) is 14.2. The van der Waals surface area contributed by atoms with Crippen LogP contribution in [0.2, 0.25) is 0 Å². The summed E-state index contributed by atoms with van der Waals surface area (Å²) in [5, 5.41) is 0. The van der Waals surface area contributed by atoms with Gasteiger partial charge in [0.05, 0.1) is 12.9 Å². The molecule has 1 aliphatic rings. The van der Waals surface area contributed by atoms with Gasteiger partial charge in [0.2, 0.25) is 10.0 Å². The van der Waals surface area contributed by atoms with E-state index in [9.17, 15) is 12.8 Å². The Morgan fingerprint density at radius 1 is 1.04 bits per heavy atom. The number of sulfonamides is 1. The van der Waals surface area contributed by atoms with E-state index in [0.717, 1.165) is 29.7 Å². The van der Waals surface area contributed by atoms with Crippen molar-refractivity contribution in [3.63, 3.8) is 0 Å².